The van der Waals surface area contributed by atoms with E-state index < -0.39 is 0 Å². The van der Waals surface area contributed by atoms with E-state index in [0.29, 0.717) is 22.8 Å². The van der Waals surface area contributed by atoms with Crippen LogP contribution in [0.1, 0.15) is 31.2 Å². The third kappa shape index (κ3) is 4.42. The van der Waals surface area contributed by atoms with Crippen molar-refractivity contribution in [2.75, 3.05) is 12.4 Å². The average molecular weight is 400 g/mol. The van der Waals surface area contributed by atoms with E-state index in [4.69, 9.17) is 16.3 Å². The van der Waals surface area contributed by atoms with Crippen LogP contribution in [0.2, 0.25) is 5.02 Å². The molecule has 2 fully saturated rings. The van der Waals surface area contributed by atoms with Crippen LogP contribution < -0.4 is 15.4 Å². The second kappa shape index (κ2) is 8.41. The molecule has 4 rings (SSSR count). The van der Waals surface area contributed by atoms with Crippen molar-refractivity contribution in [1.29, 1.82) is 0 Å². The summed E-state index contributed by atoms with van der Waals surface area (Å²) in [5, 5.41) is 6.65. The number of anilines is 1. The highest BCUT2D eigenvalue weighted by Crippen LogP contribution is 2.37. The summed E-state index contributed by atoms with van der Waals surface area (Å²) in [7, 11) is 1.69. The molecule has 2 atom stereocenters. The van der Waals surface area contributed by atoms with Gasteiger partial charge in [-0.2, -0.15) is 0 Å². The van der Waals surface area contributed by atoms with Gasteiger partial charge in [0.15, 0.2) is 0 Å². The zero-order chi connectivity index (χ0) is 19.5. The lowest BCUT2D eigenvalue weighted by Crippen LogP contribution is -2.50. The Labute approximate surface area is 171 Å². The molecule has 6 heteroatoms. The number of hydrogen-bond donors (Lipinski definition) is 2. The highest BCUT2D eigenvalue weighted by Gasteiger charge is 2.40. The van der Waals surface area contributed by atoms with E-state index in [1.807, 2.05) is 24.3 Å². The number of fused-ring (bicyclic) bond motifs is 2. The Morgan fingerprint density at radius 2 is 1.86 bits per heavy atom. The summed E-state index contributed by atoms with van der Waals surface area (Å²) in [4.78, 5) is 15.0. The molecule has 2 aliphatic heterocycles. The highest BCUT2D eigenvalue weighted by atomic mass is 35.5. The van der Waals surface area contributed by atoms with Crippen LogP contribution in [0.5, 0.6) is 5.75 Å². The van der Waals surface area contributed by atoms with Gasteiger partial charge in [0, 0.05) is 35.4 Å². The van der Waals surface area contributed by atoms with Crippen molar-refractivity contribution < 1.29 is 9.53 Å². The maximum absolute atomic E-state index is 12.4. The van der Waals surface area contributed by atoms with Gasteiger partial charge in [-0.3, -0.25) is 4.90 Å². The molecule has 2 saturated heterocycles. The number of amides is 2. The van der Waals surface area contributed by atoms with Gasteiger partial charge in [-0.1, -0.05) is 29.8 Å². The monoisotopic (exact) mass is 399 g/mol. The smallest absolute Gasteiger partial charge is 0.319 e. The molecule has 0 radical (unpaired) electrons. The molecule has 2 N–H and O–H groups in total. The first-order valence-corrected chi connectivity index (χ1v) is 10.2. The molecule has 0 aliphatic carbocycles. The molecule has 2 heterocycles. The lowest BCUT2D eigenvalue weighted by atomic mass is 9.96. The van der Waals surface area contributed by atoms with Gasteiger partial charge in [0.25, 0.3) is 0 Å². The molecule has 2 unspecified atom stereocenters. The minimum Gasteiger partial charge on any atom is -0.497 e. The van der Waals surface area contributed by atoms with Gasteiger partial charge in [0.2, 0.25) is 0 Å². The Bertz CT molecular complexity index is 813. The standard InChI is InChI=1S/C22H26ClN3O2/c1-28-21-9-5-15(6-10-21)14-26-19-7-8-20(26)13-18(12-19)25-22(27)24-17-4-2-3-16(23)11-17/h2-6,9-11,18-20H,7-8,12-14H2,1H3,(H2,24,25,27). The first-order chi connectivity index (χ1) is 13.6. The lowest BCUT2D eigenvalue weighted by molar-refractivity contribution is 0.112. The molecule has 2 aromatic rings. The molecular formula is C22H26ClN3O2. The Morgan fingerprint density at radius 3 is 2.50 bits per heavy atom. The number of hydrogen-bond acceptors (Lipinski definition) is 3. The molecular weight excluding hydrogens is 374 g/mol. The SMILES string of the molecule is COc1ccc(CN2C3CCC2CC(NC(=O)Nc2cccc(Cl)c2)C3)cc1. The number of nitrogens with zero attached hydrogens (tertiary/aromatic N) is 1. The number of carbonyl (C=O) groups excluding carboxylic acids is 1. The Morgan fingerprint density at radius 1 is 1.14 bits per heavy atom. The third-order valence-electron chi connectivity index (χ3n) is 5.83. The predicted molar refractivity (Wildman–Crippen MR) is 112 cm³/mol. The van der Waals surface area contributed by atoms with Crippen molar-refractivity contribution in [3.63, 3.8) is 0 Å². The summed E-state index contributed by atoms with van der Waals surface area (Å²) < 4.78 is 5.25. The molecule has 5 nitrogen and oxygen atoms in total. The molecule has 0 aromatic heterocycles. The number of benzene rings is 2. The van der Waals surface area contributed by atoms with Gasteiger partial charge in [-0.25, -0.2) is 4.79 Å². The zero-order valence-corrected chi connectivity index (χ0v) is 16.8. The summed E-state index contributed by atoms with van der Waals surface area (Å²) in [5.74, 6) is 0.889. The normalized spacial score (nSPS) is 24.0. The average Bonchev–Trinajstić information content (AvgIpc) is 2.91. The van der Waals surface area contributed by atoms with Gasteiger partial charge in [0.1, 0.15) is 5.75 Å². The highest BCUT2D eigenvalue weighted by molar-refractivity contribution is 6.30. The Balaban J connectivity index is 1.32. The van der Waals surface area contributed by atoms with Gasteiger partial charge in [-0.15, -0.1) is 0 Å². The largest absolute Gasteiger partial charge is 0.497 e. The van der Waals surface area contributed by atoms with Crippen LogP contribution in [0.25, 0.3) is 0 Å². The van der Waals surface area contributed by atoms with E-state index in [2.05, 4.69) is 27.7 Å². The van der Waals surface area contributed by atoms with Crippen LogP contribution in [0.4, 0.5) is 10.5 Å². The van der Waals surface area contributed by atoms with Gasteiger partial charge < -0.3 is 15.4 Å². The van der Waals surface area contributed by atoms with Crippen molar-refractivity contribution >= 4 is 23.3 Å². The molecule has 28 heavy (non-hydrogen) atoms. The van der Waals surface area contributed by atoms with Crippen LogP contribution in [-0.2, 0) is 6.54 Å². The van der Waals surface area contributed by atoms with Crippen molar-refractivity contribution in [3.05, 3.63) is 59.1 Å². The first kappa shape index (κ1) is 19.1. The fourth-order valence-electron chi connectivity index (χ4n) is 4.51. The number of piperidine rings is 1. The van der Waals surface area contributed by atoms with Crippen LogP contribution in [0.15, 0.2) is 48.5 Å². The second-order valence-corrected chi connectivity index (χ2v) is 8.12. The summed E-state index contributed by atoms with van der Waals surface area (Å²) in [5.41, 5.74) is 2.02. The fraction of sp³-hybridized carbons (Fsp3) is 0.409. The Hall–Kier alpha value is -2.24. The van der Waals surface area contributed by atoms with E-state index in [1.54, 1.807) is 19.2 Å². The van der Waals surface area contributed by atoms with Gasteiger partial charge >= 0.3 is 6.03 Å². The number of ether oxygens (including phenoxy) is 1. The Kier molecular flexibility index (Phi) is 5.74. The van der Waals surface area contributed by atoms with Crippen molar-refractivity contribution in [2.24, 2.45) is 0 Å². The van der Waals surface area contributed by atoms with Gasteiger partial charge in [-0.05, 0) is 61.6 Å². The molecule has 148 valence electrons. The quantitative estimate of drug-likeness (QED) is 0.768. The number of nitrogens with one attached hydrogen (secondary N) is 2. The number of methoxy groups -OCH3 is 1. The number of halogens is 1. The molecule has 2 aromatic carbocycles. The van der Waals surface area contributed by atoms with Crippen LogP contribution >= 0.6 is 11.6 Å². The van der Waals surface area contributed by atoms with Crippen molar-refractivity contribution in [1.82, 2.24) is 10.2 Å². The fourth-order valence-corrected chi connectivity index (χ4v) is 4.70. The van der Waals surface area contributed by atoms with E-state index in [9.17, 15) is 4.79 Å². The number of carbonyl (C=O) groups is 1. The van der Waals surface area contributed by atoms with Crippen LogP contribution in [0.3, 0.4) is 0 Å². The topological polar surface area (TPSA) is 53.6 Å². The third-order valence-corrected chi connectivity index (χ3v) is 6.06. The summed E-state index contributed by atoms with van der Waals surface area (Å²) in [6, 6.07) is 16.6. The van der Waals surface area contributed by atoms with Crippen molar-refractivity contribution in [3.8, 4) is 5.75 Å². The minimum absolute atomic E-state index is 0.157. The molecule has 2 aliphatic rings. The number of rotatable bonds is 5. The van der Waals surface area contributed by atoms with E-state index in [1.165, 1.54) is 18.4 Å². The first-order valence-electron chi connectivity index (χ1n) is 9.82. The summed E-state index contributed by atoms with van der Waals surface area (Å²) in [6.45, 7) is 0.959. The van der Waals surface area contributed by atoms with E-state index in [0.717, 1.165) is 25.1 Å². The van der Waals surface area contributed by atoms with Gasteiger partial charge in [0.05, 0.1) is 7.11 Å². The second-order valence-electron chi connectivity index (χ2n) is 7.68. The lowest BCUT2D eigenvalue weighted by Gasteiger charge is -2.39. The molecule has 0 spiro atoms. The molecule has 2 amide bonds. The van der Waals surface area contributed by atoms with E-state index in [-0.39, 0.29) is 12.1 Å². The zero-order valence-electron chi connectivity index (χ0n) is 16.0. The maximum Gasteiger partial charge on any atom is 0.319 e. The minimum atomic E-state index is -0.157. The van der Waals surface area contributed by atoms with Crippen LogP contribution in [-0.4, -0.2) is 36.2 Å². The summed E-state index contributed by atoms with van der Waals surface area (Å²) >= 11 is 5.98. The van der Waals surface area contributed by atoms with E-state index >= 15 is 0 Å². The molecule has 0 saturated carbocycles. The molecule has 2 bridgehead atoms. The maximum atomic E-state index is 12.4. The van der Waals surface area contributed by atoms with Crippen LogP contribution in [0, 0.1) is 0 Å². The summed E-state index contributed by atoms with van der Waals surface area (Å²) in [6.07, 6.45) is 4.40. The number of urea groups is 1. The van der Waals surface area contributed by atoms with Crippen molar-refractivity contribution in [2.45, 2.75) is 50.4 Å². The predicted octanol–water partition coefficient (Wildman–Crippen LogP) is 4.67.